The zero-order chi connectivity index (χ0) is 24.2. The Hall–Kier alpha value is -2.54. The maximum absolute atomic E-state index is 9.62. The van der Waals surface area contributed by atoms with E-state index < -0.39 is 0 Å². The molecule has 0 saturated carbocycles. The third kappa shape index (κ3) is 5.20. The van der Waals surface area contributed by atoms with Crippen LogP contribution < -0.4 is 19.6 Å². The van der Waals surface area contributed by atoms with Crippen LogP contribution in [0.3, 0.4) is 0 Å². The van der Waals surface area contributed by atoms with Gasteiger partial charge in [0.2, 0.25) is 11.2 Å². The second kappa shape index (κ2) is 11.0. The van der Waals surface area contributed by atoms with Crippen molar-refractivity contribution in [3.63, 3.8) is 0 Å². The van der Waals surface area contributed by atoms with Crippen LogP contribution in [-0.4, -0.2) is 101 Å². The summed E-state index contributed by atoms with van der Waals surface area (Å²) in [5.74, 6) is 1.87. The normalized spacial score (nSPS) is 16.8. The number of piperazine rings is 1. The highest BCUT2D eigenvalue weighted by Crippen LogP contribution is 2.33. The summed E-state index contributed by atoms with van der Waals surface area (Å²) in [5, 5.41) is 22.4. The molecule has 0 aromatic carbocycles. The molecule has 3 aromatic heterocycles. The van der Waals surface area contributed by atoms with Crippen LogP contribution in [0.4, 0.5) is 22.7 Å². The van der Waals surface area contributed by atoms with Crippen molar-refractivity contribution in [3.8, 4) is 0 Å². The molecule has 5 rings (SSSR count). The minimum atomic E-state index is -0.0701. The number of aliphatic hydroxyl groups excluding tert-OH is 2. The lowest BCUT2D eigenvalue weighted by atomic mass is 10.1. The van der Waals surface area contributed by atoms with Gasteiger partial charge in [-0.1, -0.05) is 0 Å². The molecular formula is C22H30ClN9O2S. The van der Waals surface area contributed by atoms with Crippen molar-refractivity contribution in [3.05, 3.63) is 16.9 Å². The molecule has 2 aliphatic heterocycles. The first-order chi connectivity index (χ1) is 17.2. The predicted octanol–water partition coefficient (Wildman–Crippen LogP) is 1.64. The number of thiazole rings is 1. The van der Waals surface area contributed by atoms with Gasteiger partial charge in [-0.3, -0.25) is 0 Å². The zero-order valence-corrected chi connectivity index (χ0v) is 21.1. The molecule has 0 amide bonds. The van der Waals surface area contributed by atoms with Gasteiger partial charge in [-0.25, -0.2) is 15.0 Å². The Labute approximate surface area is 213 Å². The molecule has 0 unspecified atom stereocenters. The predicted molar refractivity (Wildman–Crippen MR) is 139 cm³/mol. The molecule has 0 atom stereocenters. The highest BCUT2D eigenvalue weighted by Gasteiger charge is 2.27. The summed E-state index contributed by atoms with van der Waals surface area (Å²) in [4.78, 5) is 31.9. The van der Waals surface area contributed by atoms with Gasteiger partial charge in [0.15, 0.2) is 16.8 Å². The number of nitrogens with zero attached hydrogens (tertiary/aromatic N) is 9. The minimum absolute atomic E-state index is 0.0701. The van der Waals surface area contributed by atoms with Gasteiger partial charge in [-0.15, -0.1) is 11.3 Å². The Bertz CT molecular complexity index is 1120. The van der Waals surface area contributed by atoms with Crippen LogP contribution in [0, 0.1) is 0 Å². The van der Waals surface area contributed by atoms with Gasteiger partial charge in [0.05, 0.1) is 13.2 Å². The van der Waals surface area contributed by atoms with E-state index in [0.717, 1.165) is 63.1 Å². The van der Waals surface area contributed by atoms with Gasteiger partial charge in [-0.05, 0) is 30.9 Å². The first-order valence-corrected chi connectivity index (χ1v) is 13.3. The fourth-order valence-corrected chi connectivity index (χ4v) is 5.53. The van der Waals surface area contributed by atoms with Crippen LogP contribution in [0.15, 0.2) is 11.6 Å². The fraction of sp³-hybridized carbons (Fsp3) is 0.591. The first kappa shape index (κ1) is 24.2. The Morgan fingerprint density at radius 1 is 0.800 bits per heavy atom. The Morgan fingerprint density at radius 3 is 2.09 bits per heavy atom. The molecule has 2 fully saturated rings. The van der Waals surface area contributed by atoms with E-state index in [9.17, 15) is 10.2 Å². The first-order valence-electron chi connectivity index (χ1n) is 12.0. The van der Waals surface area contributed by atoms with E-state index >= 15 is 0 Å². The number of hydrogen-bond donors (Lipinski definition) is 2. The van der Waals surface area contributed by atoms with Gasteiger partial charge in [0.1, 0.15) is 11.0 Å². The summed E-state index contributed by atoms with van der Waals surface area (Å²) in [6.07, 6.45) is 5.21. The van der Waals surface area contributed by atoms with Crippen LogP contribution in [-0.2, 0) is 0 Å². The van der Waals surface area contributed by atoms with E-state index in [0.29, 0.717) is 35.9 Å². The SMILES string of the molecule is OCCN(CCO)c1nc(N2CCN(c3nccs3)CC2)c2nc(Cl)nc(N3CCCCC3)c2n1. The van der Waals surface area contributed by atoms with Gasteiger partial charge in [0.25, 0.3) is 0 Å². The molecule has 13 heteroatoms. The lowest BCUT2D eigenvalue weighted by Crippen LogP contribution is -2.47. The Morgan fingerprint density at radius 2 is 1.43 bits per heavy atom. The molecule has 2 N–H and O–H groups in total. The number of hydrogen-bond acceptors (Lipinski definition) is 12. The average molecular weight is 520 g/mol. The maximum Gasteiger partial charge on any atom is 0.228 e. The minimum Gasteiger partial charge on any atom is -0.395 e. The third-order valence-corrected chi connectivity index (χ3v) is 7.42. The van der Waals surface area contributed by atoms with Crippen LogP contribution in [0.25, 0.3) is 11.0 Å². The van der Waals surface area contributed by atoms with Gasteiger partial charge in [-0.2, -0.15) is 9.97 Å². The smallest absolute Gasteiger partial charge is 0.228 e. The molecular weight excluding hydrogens is 490 g/mol. The summed E-state index contributed by atoms with van der Waals surface area (Å²) < 4.78 is 0. The second-order valence-corrected chi connectivity index (χ2v) is 9.84. The van der Waals surface area contributed by atoms with E-state index in [1.165, 1.54) is 6.42 Å². The third-order valence-electron chi connectivity index (χ3n) is 6.42. The largest absolute Gasteiger partial charge is 0.395 e. The molecule has 2 saturated heterocycles. The quantitative estimate of drug-likeness (QED) is 0.423. The van der Waals surface area contributed by atoms with Crippen LogP contribution >= 0.6 is 22.9 Å². The summed E-state index contributed by atoms with van der Waals surface area (Å²) >= 11 is 8.07. The average Bonchev–Trinajstić information content (AvgIpc) is 3.43. The highest BCUT2D eigenvalue weighted by atomic mass is 35.5. The summed E-state index contributed by atoms with van der Waals surface area (Å²) in [6.45, 7) is 5.37. The van der Waals surface area contributed by atoms with E-state index in [1.807, 2.05) is 11.6 Å². The lowest BCUT2D eigenvalue weighted by Gasteiger charge is -2.36. The Balaban J connectivity index is 1.57. The molecule has 2 aliphatic rings. The number of anilines is 4. The van der Waals surface area contributed by atoms with E-state index in [4.69, 9.17) is 21.6 Å². The topological polar surface area (TPSA) is 118 Å². The molecule has 3 aromatic rings. The van der Waals surface area contributed by atoms with Crippen LogP contribution in [0.1, 0.15) is 19.3 Å². The van der Waals surface area contributed by atoms with Crippen molar-refractivity contribution in [2.75, 3.05) is 85.2 Å². The monoisotopic (exact) mass is 519 g/mol. The van der Waals surface area contributed by atoms with Crippen LogP contribution in [0.5, 0.6) is 0 Å². The van der Waals surface area contributed by atoms with Crippen molar-refractivity contribution in [2.45, 2.75) is 19.3 Å². The molecule has 5 heterocycles. The molecule has 0 spiro atoms. The van der Waals surface area contributed by atoms with Crippen molar-refractivity contribution < 1.29 is 10.2 Å². The van der Waals surface area contributed by atoms with Crippen molar-refractivity contribution in [2.24, 2.45) is 0 Å². The Kier molecular flexibility index (Phi) is 7.61. The maximum atomic E-state index is 9.62. The van der Waals surface area contributed by atoms with Gasteiger partial charge in [0, 0.05) is 63.9 Å². The summed E-state index contributed by atoms with van der Waals surface area (Å²) in [7, 11) is 0. The number of aromatic nitrogens is 5. The number of fused-ring (bicyclic) bond motifs is 1. The number of piperidine rings is 1. The van der Waals surface area contributed by atoms with Crippen molar-refractivity contribution in [1.29, 1.82) is 0 Å². The van der Waals surface area contributed by atoms with Gasteiger partial charge < -0.3 is 29.8 Å². The summed E-state index contributed by atoms with van der Waals surface area (Å²) in [6, 6.07) is 0. The van der Waals surface area contributed by atoms with E-state index in [-0.39, 0.29) is 18.5 Å². The molecule has 188 valence electrons. The van der Waals surface area contributed by atoms with Crippen molar-refractivity contribution in [1.82, 2.24) is 24.9 Å². The molecule has 0 bridgehead atoms. The molecule has 0 radical (unpaired) electrons. The van der Waals surface area contributed by atoms with E-state index in [2.05, 4.69) is 29.7 Å². The molecule has 11 nitrogen and oxygen atoms in total. The molecule has 35 heavy (non-hydrogen) atoms. The fourth-order valence-electron chi connectivity index (χ4n) is 4.67. The number of halogens is 1. The second-order valence-electron chi connectivity index (χ2n) is 8.63. The van der Waals surface area contributed by atoms with Gasteiger partial charge >= 0.3 is 0 Å². The summed E-state index contributed by atoms with van der Waals surface area (Å²) in [5.41, 5.74) is 1.28. The zero-order valence-electron chi connectivity index (χ0n) is 19.6. The number of rotatable bonds is 8. The van der Waals surface area contributed by atoms with Crippen molar-refractivity contribution >= 4 is 56.7 Å². The number of aliphatic hydroxyl groups is 2. The standard InChI is InChI=1S/C22H30ClN9O2S/c23-20-25-16-17(18(27-20)29-5-2-1-3-6-29)26-21(31(11-13-33)12-14-34)28-19(16)30-7-9-32(10-8-30)22-24-4-15-35-22/h4,15,33-34H,1-3,5-14H2. The van der Waals surface area contributed by atoms with Crippen LogP contribution in [0.2, 0.25) is 5.28 Å². The lowest BCUT2D eigenvalue weighted by molar-refractivity contribution is 0.280. The molecule has 0 aliphatic carbocycles. The van der Waals surface area contributed by atoms with E-state index in [1.54, 1.807) is 16.2 Å². The highest BCUT2D eigenvalue weighted by molar-refractivity contribution is 7.13.